The summed E-state index contributed by atoms with van der Waals surface area (Å²) in [7, 11) is -2.89. The Morgan fingerprint density at radius 2 is 1.48 bits per heavy atom. The Bertz CT molecular complexity index is 730. The van der Waals surface area contributed by atoms with Crippen LogP contribution in [-0.2, 0) is 33.6 Å². The molecule has 1 N–H and O–H groups in total. The molecule has 0 fully saturated rings. The van der Waals surface area contributed by atoms with Gasteiger partial charge in [-0.05, 0) is 16.3 Å². The maximum atomic E-state index is 11.4. The smallest absolute Gasteiger partial charge is 0.318 e. The fraction of sp³-hybridized carbons (Fsp3) is 0.375. The summed E-state index contributed by atoms with van der Waals surface area (Å²) in [6.07, 6.45) is 0.162. The maximum absolute atomic E-state index is 11.4. The third-order valence-corrected chi connectivity index (χ3v) is 5.02. The van der Waals surface area contributed by atoms with Crippen molar-refractivity contribution in [1.29, 1.82) is 0 Å². The zero-order valence-electron chi connectivity index (χ0n) is 14.1. The van der Waals surface area contributed by atoms with Gasteiger partial charge in [-0.3, -0.25) is 9.13 Å². The Kier molecular flexibility index (Phi) is 7.79. The van der Waals surface area contributed by atoms with Crippen LogP contribution >= 0.6 is 16.5 Å². The van der Waals surface area contributed by atoms with E-state index >= 15 is 0 Å². The van der Waals surface area contributed by atoms with Gasteiger partial charge >= 0.3 is 16.5 Å². The summed E-state index contributed by atoms with van der Waals surface area (Å²) in [5, 5.41) is 12.9. The van der Waals surface area contributed by atoms with Crippen LogP contribution in [0.5, 0.6) is 0 Å². The molecule has 0 aliphatic rings. The molecule has 0 radical (unpaired) electrons. The van der Waals surface area contributed by atoms with Gasteiger partial charge in [-0.1, -0.05) is 42.5 Å². The highest BCUT2D eigenvalue weighted by Gasteiger charge is 2.30. The van der Waals surface area contributed by atoms with Crippen molar-refractivity contribution in [2.75, 3.05) is 27.4 Å². The lowest BCUT2D eigenvalue weighted by atomic mass is 9.94. The zero-order chi connectivity index (χ0) is 18.3. The minimum Gasteiger partial charge on any atom is -0.385 e. The Morgan fingerprint density at radius 1 is 0.920 bits per heavy atom. The molecule has 0 amide bonds. The van der Waals surface area contributed by atoms with Gasteiger partial charge in [0.2, 0.25) is 0 Å². The molecule has 0 spiro atoms. The fourth-order valence-electron chi connectivity index (χ4n) is 2.38. The van der Waals surface area contributed by atoms with Gasteiger partial charge in [-0.15, -0.1) is 0 Å². The monoisotopic (exact) mass is 388 g/mol. The molecule has 0 aliphatic heterocycles. The zero-order valence-corrected chi connectivity index (χ0v) is 16.1. The molecule has 9 heteroatoms. The predicted molar refractivity (Wildman–Crippen MR) is 96.5 cm³/mol. The van der Waals surface area contributed by atoms with Gasteiger partial charge in [0, 0.05) is 20.6 Å². The van der Waals surface area contributed by atoms with Gasteiger partial charge in [0.1, 0.15) is 5.60 Å². The SMILES string of the molecule is CO[PH](=O)OCC(O)(CO[PH](=O)OC)Cc1ccc2ccccc2c1. The molecule has 0 saturated carbocycles. The normalized spacial score (nSPS) is 16.4. The average molecular weight is 388 g/mol. The molecular weight excluding hydrogens is 366 g/mol. The topological polar surface area (TPSA) is 91.3 Å². The third-order valence-electron chi connectivity index (χ3n) is 3.60. The van der Waals surface area contributed by atoms with Crippen molar-refractivity contribution in [2.45, 2.75) is 12.0 Å². The maximum Gasteiger partial charge on any atom is 0.318 e. The molecule has 2 aromatic carbocycles. The summed E-state index contributed by atoms with van der Waals surface area (Å²) < 4.78 is 42.1. The Balaban J connectivity index is 2.16. The summed E-state index contributed by atoms with van der Waals surface area (Å²) in [6, 6.07) is 13.6. The first-order valence-corrected chi connectivity index (χ1v) is 10.0. The van der Waals surface area contributed by atoms with Crippen LogP contribution in [0.4, 0.5) is 0 Å². The molecule has 2 unspecified atom stereocenters. The van der Waals surface area contributed by atoms with Crippen molar-refractivity contribution < 1.29 is 32.3 Å². The molecule has 0 aliphatic carbocycles. The second-order valence-electron chi connectivity index (χ2n) is 5.57. The van der Waals surface area contributed by atoms with E-state index in [-0.39, 0.29) is 19.6 Å². The van der Waals surface area contributed by atoms with Crippen LogP contribution < -0.4 is 0 Å². The van der Waals surface area contributed by atoms with Crippen LogP contribution in [0.25, 0.3) is 10.8 Å². The molecule has 2 atom stereocenters. The van der Waals surface area contributed by atoms with Gasteiger partial charge in [0.05, 0.1) is 13.2 Å². The van der Waals surface area contributed by atoms with Crippen molar-refractivity contribution in [3.05, 3.63) is 48.0 Å². The highest BCUT2D eigenvalue weighted by molar-refractivity contribution is 7.33. The lowest BCUT2D eigenvalue weighted by Gasteiger charge is -2.27. The van der Waals surface area contributed by atoms with Crippen LogP contribution in [0, 0.1) is 0 Å². The lowest BCUT2D eigenvalue weighted by Crippen LogP contribution is -2.40. The van der Waals surface area contributed by atoms with E-state index in [2.05, 4.69) is 9.05 Å². The van der Waals surface area contributed by atoms with Gasteiger partial charge < -0.3 is 23.2 Å². The van der Waals surface area contributed by atoms with Gasteiger partial charge in [0.25, 0.3) is 0 Å². The Hall–Kier alpha value is -1.04. The van der Waals surface area contributed by atoms with Crippen molar-refractivity contribution >= 4 is 27.3 Å². The van der Waals surface area contributed by atoms with Crippen LogP contribution in [0.1, 0.15) is 5.56 Å². The van der Waals surface area contributed by atoms with Crippen LogP contribution in [-0.4, -0.2) is 38.1 Å². The Labute approximate surface area is 147 Å². The van der Waals surface area contributed by atoms with E-state index in [1.165, 1.54) is 14.2 Å². The second kappa shape index (κ2) is 9.60. The first kappa shape index (κ1) is 20.3. The molecule has 0 bridgehead atoms. The standard InChI is InChI=1S/C16H22O7P2/c1-20-24(18)22-11-16(17,12-23-25(19)21-2)10-13-7-8-14-5-3-4-6-15(14)9-13/h3-9,17,24-25H,10-12H2,1-2H3. The van der Waals surface area contributed by atoms with Crippen molar-refractivity contribution in [2.24, 2.45) is 0 Å². The quantitative estimate of drug-likeness (QED) is 0.625. The number of hydrogen-bond donors (Lipinski definition) is 1. The second-order valence-corrected chi connectivity index (χ2v) is 7.96. The van der Waals surface area contributed by atoms with E-state index in [0.717, 1.165) is 16.3 Å². The fourth-order valence-corrected chi connectivity index (χ4v) is 3.39. The molecule has 0 saturated heterocycles. The largest absolute Gasteiger partial charge is 0.385 e. The highest BCUT2D eigenvalue weighted by Crippen LogP contribution is 2.30. The van der Waals surface area contributed by atoms with Crippen LogP contribution in [0.2, 0.25) is 0 Å². The molecular formula is C16H22O7P2. The number of rotatable bonds is 10. The molecule has 2 aromatic rings. The molecule has 25 heavy (non-hydrogen) atoms. The van der Waals surface area contributed by atoms with E-state index in [9.17, 15) is 14.2 Å². The van der Waals surface area contributed by atoms with E-state index in [1.807, 2.05) is 42.5 Å². The lowest BCUT2D eigenvalue weighted by molar-refractivity contribution is -0.0412. The summed E-state index contributed by atoms with van der Waals surface area (Å²) in [5.74, 6) is 0. The molecule has 7 nitrogen and oxygen atoms in total. The van der Waals surface area contributed by atoms with Crippen molar-refractivity contribution in [3.8, 4) is 0 Å². The molecule has 2 rings (SSSR count). The third kappa shape index (κ3) is 6.32. The minimum atomic E-state index is -2.70. The average Bonchev–Trinajstić information content (AvgIpc) is 2.64. The highest BCUT2D eigenvalue weighted by atomic mass is 31.1. The van der Waals surface area contributed by atoms with Gasteiger partial charge in [0.15, 0.2) is 0 Å². The Morgan fingerprint density at radius 3 is 2.04 bits per heavy atom. The van der Waals surface area contributed by atoms with Crippen LogP contribution in [0.3, 0.4) is 0 Å². The van der Waals surface area contributed by atoms with Crippen molar-refractivity contribution in [1.82, 2.24) is 0 Å². The summed E-state index contributed by atoms with van der Waals surface area (Å²) in [4.78, 5) is 0. The van der Waals surface area contributed by atoms with E-state index in [4.69, 9.17) is 9.05 Å². The summed E-state index contributed by atoms with van der Waals surface area (Å²) in [6.45, 7) is -0.575. The predicted octanol–water partition coefficient (Wildman–Crippen LogP) is 3.22. The number of aliphatic hydroxyl groups is 1. The summed E-state index contributed by atoms with van der Waals surface area (Å²) >= 11 is 0. The minimum absolute atomic E-state index is 0.162. The summed E-state index contributed by atoms with van der Waals surface area (Å²) in [5.41, 5.74) is -0.692. The first-order chi connectivity index (χ1) is 12.0. The van der Waals surface area contributed by atoms with E-state index in [0.29, 0.717) is 0 Å². The van der Waals surface area contributed by atoms with E-state index in [1.54, 1.807) is 0 Å². The molecule has 138 valence electrons. The van der Waals surface area contributed by atoms with Gasteiger partial charge in [-0.2, -0.15) is 0 Å². The molecule has 0 heterocycles. The van der Waals surface area contributed by atoms with Crippen molar-refractivity contribution in [3.63, 3.8) is 0 Å². The van der Waals surface area contributed by atoms with Crippen LogP contribution in [0.15, 0.2) is 42.5 Å². The number of fused-ring (bicyclic) bond motifs is 1. The van der Waals surface area contributed by atoms with E-state index < -0.39 is 22.1 Å². The number of hydrogen-bond acceptors (Lipinski definition) is 7. The first-order valence-electron chi connectivity index (χ1n) is 7.57. The number of benzene rings is 2. The van der Waals surface area contributed by atoms with Gasteiger partial charge in [-0.25, -0.2) is 0 Å². The molecule has 0 aromatic heterocycles.